The molecule has 2 N–H and O–H groups in total. The molecule has 3 nitrogen and oxygen atoms in total. The first kappa shape index (κ1) is 14.8. The highest BCUT2D eigenvalue weighted by molar-refractivity contribution is 5.85. The third-order valence-electron chi connectivity index (χ3n) is 4.42. The molecule has 0 aromatic carbocycles. The molecule has 17 heavy (non-hydrogen) atoms. The van der Waals surface area contributed by atoms with Gasteiger partial charge in [-0.15, -0.1) is 12.4 Å². The van der Waals surface area contributed by atoms with Crippen LogP contribution in [0.3, 0.4) is 0 Å². The van der Waals surface area contributed by atoms with Crippen LogP contribution >= 0.6 is 12.4 Å². The summed E-state index contributed by atoms with van der Waals surface area (Å²) in [5.74, 6) is 0.171. The van der Waals surface area contributed by atoms with E-state index >= 15 is 0 Å². The van der Waals surface area contributed by atoms with Crippen molar-refractivity contribution in [3.8, 4) is 0 Å². The van der Waals surface area contributed by atoms with Crippen molar-refractivity contribution in [2.24, 2.45) is 11.1 Å². The van der Waals surface area contributed by atoms with E-state index in [9.17, 15) is 4.79 Å². The van der Waals surface area contributed by atoms with Gasteiger partial charge in [0.2, 0.25) is 5.91 Å². The summed E-state index contributed by atoms with van der Waals surface area (Å²) in [6.07, 6.45) is 8.67. The lowest BCUT2D eigenvalue weighted by Gasteiger charge is -2.33. The average molecular weight is 261 g/mol. The van der Waals surface area contributed by atoms with Crippen LogP contribution < -0.4 is 5.73 Å². The number of carbonyl (C=O) groups is 1. The quantitative estimate of drug-likeness (QED) is 0.828. The third kappa shape index (κ3) is 3.14. The van der Waals surface area contributed by atoms with Gasteiger partial charge in [-0.05, 0) is 31.1 Å². The maximum absolute atomic E-state index is 12.0. The Labute approximate surface area is 111 Å². The summed E-state index contributed by atoms with van der Waals surface area (Å²) in [4.78, 5) is 14.0. The van der Waals surface area contributed by atoms with Gasteiger partial charge < -0.3 is 10.6 Å². The largest absolute Gasteiger partial charge is 0.341 e. The maximum atomic E-state index is 12.0. The number of rotatable bonds is 2. The zero-order valence-electron chi connectivity index (χ0n) is 10.8. The van der Waals surface area contributed by atoms with Gasteiger partial charge >= 0.3 is 0 Å². The Morgan fingerprint density at radius 1 is 1.29 bits per heavy atom. The minimum Gasteiger partial charge on any atom is -0.341 e. The molecular formula is C13H25ClN2O. The Morgan fingerprint density at radius 3 is 2.53 bits per heavy atom. The molecule has 1 heterocycles. The molecule has 4 heteroatoms. The maximum Gasteiger partial charge on any atom is 0.239 e. The van der Waals surface area contributed by atoms with Crippen LogP contribution in [0, 0.1) is 5.41 Å². The number of amides is 1. The second kappa shape index (κ2) is 6.05. The fraction of sp³-hybridized carbons (Fsp3) is 0.923. The smallest absolute Gasteiger partial charge is 0.239 e. The van der Waals surface area contributed by atoms with Gasteiger partial charge in [-0.1, -0.05) is 26.2 Å². The van der Waals surface area contributed by atoms with E-state index in [1.165, 1.54) is 38.5 Å². The monoisotopic (exact) mass is 260 g/mol. The lowest BCUT2D eigenvalue weighted by molar-refractivity contribution is -0.132. The minimum absolute atomic E-state index is 0. The van der Waals surface area contributed by atoms with E-state index in [0.717, 1.165) is 19.5 Å². The number of likely N-dealkylation sites (tertiary alicyclic amines) is 1. The highest BCUT2D eigenvalue weighted by Gasteiger charge is 2.40. The van der Waals surface area contributed by atoms with Crippen molar-refractivity contribution in [3.63, 3.8) is 0 Å². The van der Waals surface area contributed by atoms with Crippen LogP contribution in [0.4, 0.5) is 0 Å². The van der Waals surface area contributed by atoms with Crippen LogP contribution in [0.2, 0.25) is 0 Å². The summed E-state index contributed by atoms with van der Waals surface area (Å²) in [6, 6.07) is -0.279. The number of halogens is 1. The van der Waals surface area contributed by atoms with Crippen molar-refractivity contribution >= 4 is 18.3 Å². The molecule has 1 saturated heterocycles. The van der Waals surface area contributed by atoms with Gasteiger partial charge in [0.1, 0.15) is 0 Å². The lowest BCUT2D eigenvalue weighted by Crippen LogP contribution is -2.43. The third-order valence-corrected chi connectivity index (χ3v) is 4.42. The van der Waals surface area contributed by atoms with Gasteiger partial charge in [-0.3, -0.25) is 4.79 Å². The van der Waals surface area contributed by atoms with E-state index in [4.69, 9.17) is 5.73 Å². The van der Waals surface area contributed by atoms with Crippen LogP contribution in [0.5, 0.6) is 0 Å². The number of nitrogens with two attached hydrogens (primary N) is 1. The van der Waals surface area contributed by atoms with Crippen molar-refractivity contribution in [2.45, 2.75) is 57.9 Å². The summed E-state index contributed by atoms with van der Waals surface area (Å²) >= 11 is 0. The van der Waals surface area contributed by atoms with E-state index in [-0.39, 0.29) is 24.4 Å². The molecule has 1 saturated carbocycles. The normalized spacial score (nSPS) is 24.5. The molecule has 2 rings (SSSR count). The van der Waals surface area contributed by atoms with Crippen LogP contribution in [0.1, 0.15) is 51.9 Å². The Morgan fingerprint density at radius 2 is 1.94 bits per heavy atom. The fourth-order valence-corrected chi connectivity index (χ4v) is 3.24. The van der Waals surface area contributed by atoms with Crippen molar-refractivity contribution in [1.82, 2.24) is 4.90 Å². The topological polar surface area (TPSA) is 46.3 Å². The molecule has 0 unspecified atom stereocenters. The van der Waals surface area contributed by atoms with Gasteiger partial charge in [-0.2, -0.15) is 0 Å². The van der Waals surface area contributed by atoms with E-state index in [1.54, 1.807) is 0 Å². The van der Waals surface area contributed by atoms with Crippen LogP contribution in [0.15, 0.2) is 0 Å². The molecule has 100 valence electrons. The minimum atomic E-state index is -0.279. The van der Waals surface area contributed by atoms with E-state index in [1.807, 2.05) is 11.8 Å². The number of hydrogen-bond donors (Lipinski definition) is 1. The molecule has 0 radical (unpaired) electrons. The molecule has 1 aliphatic carbocycles. The molecule has 1 aliphatic heterocycles. The van der Waals surface area contributed by atoms with E-state index < -0.39 is 0 Å². The van der Waals surface area contributed by atoms with Gasteiger partial charge in [-0.25, -0.2) is 0 Å². The standard InChI is InChI=1S/C13H24N2O.ClH/c1-2-11(14)12(16)15-9-8-13(10-15)6-4-3-5-7-13;/h11H,2-10,14H2,1H3;1H/t11-;/m0./s1. The zero-order valence-corrected chi connectivity index (χ0v) is 11.6. The van der Waals surface area contributed by atoms with Crippen LogP contribution in [0.25, 0.3) is 0 Å². The lowest BCUT2D eigenvalue weighted by atomic mass is 9.73. The molecule has 1 amide bonds. The first-order valence-electron chi connectivity index (χ1n) is 6.71. The molecule has 1 atom stereocenters. The first-order valence-corrected chi connectivity index (χ1v) is 6.71. The Hall–Kier alpha value is -0.280. The number of hydrogen-bond acceptors (Lipinski definition) is 2. The van der Waals surface area contributed by atoms with Crippen LogP contribution in [-0.4, -0.2) is 29.9 Å². The van der Waals surface area contributed by atoms with Gasteiger partial charge in [0, 0.05) is 13.1 Å². The first-order chi connectivity index (χ1) is 7.67. The highest BCUT2D eigenvalue weighted by atomic mass is 35.5. The average Bonchev–Trinajstić information content (AvgIpc) is 2.72. The molecule has 0 aromatic rings. The zero-order chi connectivity index (χ0) is 11.6. The predicted octanol–water partition coefficient (Wildman–Crippen LogP) is 2.33. The summed E-state index contributed by atoms with van der Waals surface area (Å²) in [5.41, 5.74) is 6.28. The molecular weight excluding hydrogens is 236 g/mol. The molecule has 0 aromatic heterocycles. The predicted molar refractivity (Wildman–Crippen MR) is 72.2 cm³/mol. The summed E-state index contributed by atoms with van der Waals surface area (Å²) < 4.78 is 0. The van der Waals surface area contributed by atoms with E-state index in [2.05, 4.69) is 0 Å². The van der Waals surface area contributed by atoms with Crippen LogP contribution in [-0.2, 0) is 4.79 Å². The number of nitrogens with zero attached hydrogens (tertiary/aromatic N) is 1. The summed E-state index contributed by atoms with van der Waals surface area (Å²) in [5, 5.41) is 0. The molecule has 2 fully saturated rings. The molecule has 1 spiro atoms. The van der Waals surface area contributed by atoms with Crippen molar-refractivity contribution < 1.29 is 4.79 Å². The van der Waals surface area contributed by atoms with Crippen molar-refractivity contribution in [1.29, 1.82) is 0 Å². The molecule has 2 aliphatic rings. The summed E-state index contributed by atoms with van der Waals surface area (Å²) in [6.45, 7) is 3.89. The van der Waals surface area contributed by atoms with Gasteiger partial charge in [0.25, 0.3) is 0 Å². The SMILES string of the molecule is CC[C@H](N)C(=O)N1CCC2(CCCCC2)C1.Cl. The fourth-order valence-electron chi connectivity index (χ4n) is 3.24. The Bertz CT molecular complexity index is 264. The highest BCUT2D eigenvalue weighted by Crippen LogP contribution is 2.43. The molecule has 0 bridgehead atoms. The van der Waals surface area contributed by atoms with Crippen molar-refractivity contribution in [2.75, 3.05) is 13.1 Å². The van der Waals surface area contributed by atoms with Gasteiger partial charge in [0.15, 0.2) is 0 Å². The Balaban J connectivity index is 0.00000144. The second-order valence-electron chi connectivity index (χ2n) is 5.59. The second-order valence-corrected chi connectivity index (χ2v) is 5.59. The summed E-state index contributed by atoms with van der Waals surface area (Å²) in [7, 11) is 0. The van der Waals surface area contributed by atoms with Crippen molar-refractivity contribution in [3.05, 3.63) is 0 Å². The van der Waals surface area contributed by atoms with E-state index in [0.29, 0.717) is 5.41 Å². The van der Waals surface area contributed by atoms with Gasteiger partial charge in [0.05, 0.1) is 6.04 Å². The number of carbonyl (C=O) groups excluding carboxylic acids is 1. The Kier molecular flexibility index (Phi) is 5.26.